The fraction of sp³-hybridized carbons (Fsp3) is 0.500. The van der Waals surface area contributed by atoms with Crippen molar-refractivity contribution in [3.63, 3.8) is 0 Å². The first-order valence-electron chi connectivity index (χ1n) is 7.65. The quantitative estimate of drug-likeness (QED) is 0.730. The molecule has 4 N–H and O–H groups in total. The van der Waals surface area contributed by atoms with E-state index in [2.05, 4.69) is 10.6 Å². The van der Waals surface area contributed by atoms with Gasteiger partial charge in [-0.2, -0.15) is 0 Å². The highest BCUT2D eigenvalue weighted by atomic mass is 16.2. The molecule has 1 atom stereocenters. The lowest BCUT2D eigenvalue weighted by Crippen LogP contribution is -2.42. The summed E-state index contributed by atoms with van der Waals surface area (Å²) in [6, 6.07) is 4.66. The molecule has 1 fully saturated rings. The predicted molar refractivity (Wildman–Crippen MR) is 81.9 cm³/mol. The smallest absolute Gasteiger partial charge is 0.256 e. The Labute approximate surface area is 124 Å². The molecule has 1 aliphatic heterocycles. The molecule has 1 saturated carbocycles. The van der Waals surface area contributed by atoms with Gasteiger partial charge in [0.15, 0.2) is 0 Å². The van der Waals surface area contributed by atoms with Crippen molar-refractivity contribution in [2.75, 3.05) is 11.1 Å². The van der Waals surface area contributed by atoms with E-state index in [0.29, 0.717) is 29.3 Å². The summed E-state index contributed by atoms with van der Waals surface area (Å²) >= 11 is 0. The van der Waals surface area contributed by atoms with E-state index in [4.69, 9.17) is 5.73 Å². The molecule has 0 spiro atoms. The topological polar surface area (TPSA) is 84.2 Å². The third-order valence-electron chi connectivity index (χ3n) is 4.50. The maximum Gasteiger partial charge on any atom is 0.256 e. The van der Waals surface area contributed by atoms with E-state index in [1.165, 1.54) is 19.3 Å². The van der Waals surface area contributed by atoms with Gasteiger partial charge < -0.3 is 16.4 Å². The zero-order valence-corrected chi connectivity index (χ0v) is 12.0. The number of rotatable bonds is 2. The number of hydrogen-bond acceptors (Lipinski definition) is 3. The van der Waals surface area contributed by atoms with Gasteiger partial charge in [0.25, 0.3) is 5.91 Å². The number of fused-ring (bicyclic) bond motifs is 1. The molecule has 1 aliphatic carbocycles. The number of amides is 2. The highest BCUT2D eigenvalue weighted by Gasteiger charge is 2.31. The van der Waals surface area contributed by atoms with Crippen LogP contribution >= 0.6 is 0 Å². The van der Waals surface area contributed by atoms with Crippen molar-refractivity contribution in [2.45, 2.75) is 44.6 Å². The Morgan fingerprint density at radius 3 is 2.67 bits per heavy atom. The SMILES string of the molecule is Nc1cccc2c1C(=O)N[C@@H](CC1CCCCC1)C(=O)N2. The molecule has 0 bridgehead atoms. The summed E-state index contributed by atoms with van der Waals surface area (Å²) in [5, 5.41) is 5.67. The molecule has 1 aromatic rings. The Balaban J connectivity index is 1.79. The van der Waals surface area contributed by atoms with E-state index in [0.717, 1.165) is 12.8 Å². The molecule has 0 aromatic heterocycles. The van der Waals surface area contributed by atoms with E-state index in [9.17, 15) is 9.59 Å². The van der Waals surface area contributed by atoms with Gasteiger partial charge in [-0.15, -0.1) is 0 Å². The van der Waals surface area contributed by atoms with Crippen LogP contribution in [0.4, 0.5) is 11.4 Å². The van der Waals surface area contributed by atoms with Crippen molar-refractivity contribution in [3.05, 3.63) is 23.8 Å². The van der Waals surface area contributed by atoms with Crippen molar-refractivity contribution in [1.29, 1.82) is 0 Å². The van der Waals surface area contributed by atoms with E-state index >= 15 is 0 Å². The first-order valence-corrected chi connectivity index (χ1v) is 7.65. The molecule has 5 nitrogen and oxygen atoms in total. The van der Waals surface area contributed by atoms with Crippen LogP contribution < -0.4 is 16.4 Å². The Kier molecular flexibility index (Phi) is 3.82. The lowest BCUT2D eigenvalue weighted by atomic mass is 9.84. The van der Waals surface area contributed by atoms with Gasteiger partial charge >= 0.3 is 0 Å². The number of carbonyl (C=O) groups is 2. The van der Waals surface area contributed by atoms with Crippen LogP contribution in [0, 0.1) is 5.92 Å². The monoisotopic (exact) mass is 287 g/mol. The van der Waals surface area contributed by atoms with Crippen LogP contribution in [0.2, 0.25) is 0 Å². The predicted octanol–water partition coefficient (Wildman–Crippen LogP) is 2.29. The number of carbonyl (C=O) groups excluding carboxylic acids is 2. The molecular formula is C16H21N3O2. The summed E-state index contributed by atoms with van der Waals surface area (Å²) in [6.45, 7) is 0. The lowest BCUT2D eigenvalue weighted by molar-refractivity contribution is -0.118. The van der Waals surface area contributed by atoms with Crippen LogP contribution in [0.5, 0.6) is 0 Å². The number of hydrogen-bond donors (Lipinski definition) is 3. The van der Waals surface area contributed by atoms with Gasteiger partial charge in [0, 0.05) is 5.69 Å². The molecule has 1 aromatic carbocycles. The molecule has 0 unspecified atom stereocenters. The van der Waals surface area contributed by atoms with Crippen LogP contribution in [0.25, 0.3) is 0 Å². The molecular weight excluding hydrogens is 266 g/mol. The van der Waals surface area contributed by atoms with Crippen LogP contribution in [0.3, 0.4) is 0 Å². The Bertz CT molecular complexity index is 565. The summed E-state index contributed by atoms with van der Waals surface area (Å²) in [5.74, 6) is 0.119. The molecule has 3 rings (SSSR count). The number of benzene rings is 1. The maximum absolute atomic E-state index is 12.3. The van der Waals surface area contributed by atoms with Gasteiger partial charge in [-0.3, -0.25) is 9.59 Å². The molecule has 0 saturated heterocycles. The minimum Gasteiger partial charge on any atom is -0.398 e. The summed E-state index contributed by atoms with van der Waals surface area (Å²) in [7, 11) is 0. The van der Waals surface area contributed by atoms with Gasteiger partial charge in [0.2, 0.25) is 5.91 Å². The number of anilines is 2. The fourth-order valence-corrected chi connectivity index (χ4v) is 3.37. The summed E-state index contributed by atoms with van der Waals surface area (Å²) in [6.07, 6.45) is 6.73. The molecule has 21 heavy (non-hydrogen) atoms. The molecule has 1 heterocycles. The summed E-state index contributed by atoms with van der Waals surface area (Å²) < 4.78 is 0. The minimum absolute atomic E-state index is 0.140. The first-order chi connectivity index (χ1) is 10.1. The largest absolute Gasteiger partial charge is 0.398 e. The average molecular weight is 287 g/mol. The summed E-state index contributed by atoms with van der Waals surface area (Å²) in [5.41, 5.74) is 7.13. The van der Waals surface area contributed by atoms with Crippen molar-refractivity contribution < 1.29 is 9.59 Å². The first kappa shape index (κ1) is 13.9. The Morgan fingerprint density at radius 1 is 1.14 bits per heavy atom. The zero-order chi connectivity index (χ0) is 14.8. The summed E-state index contributed by atoms with van der Waals surface area (Å²) in [4.78, 5) is 24.7. The van der Waals surface area contributed by atoms with Gasteiger partial charge in [-0.1, -0.05) is 38.2 Å². The normalized spacial score (nSPS) is 23.0. The van der Waals surface area contributed by atoms with E-state index in [-0.39, 0.29) is 11.8 Å². The van der Waals surface area contributed by atoms with Crippen LogP contribution in [-0.4, -0.2) is 17.9 Å². The van der Waals surface area contributed by atoms with Crippen molar-refractivity contribution in [3.8, 4) is 0 Å². The van der Waals surface area contributed by atoms with Gasteiger partial charge in [-0.25, -0.2) is 0 Å². The van der Waals surface area contributed by atoms with Crippen molar-refractivity contribution in [2.24, 2.45) is 5.92 Å². The van der Waals surface area contributed by atoms with E-state index in [1.54, 1.807) is 18.2 Å². The van der Waals surface area contributed by atoms with Crippen LogP contribution in [-0.2, 0) is 4.79 Å². The maximum atomic E-state index is 12.3. The van der Waals surface area contributed by atoms with Gasteiger partial charge in [-0.05, 0) is 24.5 Å². The van der Waals surface area contributed by atoms with Crippen LogP contribution in [0.15, 0.2) is 18.2 Å². The second-order valence-corrected chi connectivity index (χ2v) is 6.02. The second-order valence-electron chi connectivity index (χ2n) is 6.02. The van der Waals surface area contributed by atoms with E-state index in [1.807, 2.05) is 0 Å². The lowest BCUT2D eigenvalue weighted by Gasteiger charge is -2.25. The van der Waals surface area contributed by atoms with Gasteiger partial charge in [0.1, 0.15) is 6.04 Å². The highest BCUT2D eigenvalue weighted by Crippen LogP contribution is 2.30. The standard InChI is InChI=1S/C16H21N3O2/c17-11-7-4-8-12-14(11)16(21)19-13(15(20)18-12)9-10-5-2-1-3-6-10/h4,7-8,10,13H,1-3,5-6,9,17H2,(H,18,20)(H,19,21)/t13-/m0/s1. The molecule has 112 valence electrons. The van der Waals surface area contributed by atoms with Crippen LogP contribution in [0.1, 0.15) is 48.9 Å². The van der Waals surface area contributed by atoms with E-state index < -0.39 is 6.04 Å². The third-order valence-corrected chi connectivity index (χ3v) is 4.50. The number of nitrogens with two attached hydrogens (primary N) is 1. The van der Waals surface area contributed by atoms with Crippen molar-refractivity contribution >= 4 is 23.2 Å². The second kappa shape index (κ2) is 5.76. The molecule has 2 amide bonds. The molecule has 0 radical (unpaired) electrons. The molecule has 5 heteroatoms. The number of nitrogens with one attached hydrogen (secondary N) is 2. The Morgan fingerprint density at radius 2 is 1.90 bits per heavy atom. The average Bonchev–Trinajstić information content (AvgIpc) is 2.58. The molecule has 2 aliphatic rings. The minimum atomic E-state index is -0.465. The van der Waals surface area contributed by atoms with Gasteiger partial charge in [0.05, 0.1) is 11.3 Å². The fourth-order valence-electron chi connectivity index (χ4n) is 3.37. The Hall–Kier alpha value is -2.04. The van der Waals surface area contributed by atoms with Crippen molar-refractivity contribution in [1.82, 2.24) is 5.32 Å². The zero-order valence-electron chi connectivity index (χ0n) is 12.0. The third kappa shape index (κ3) is 2.86. The highest BCUT2D eigenvalue weighted by molar-refractivity contribution is 6.12. The number of nitrogen functional groups attached to an aromatic ring is 1.